The second-order valence-corrected chi connectivity index (χ2v) is 6.51. The van der Waals surface area contributed by atoms with E-state index in [2.05, 4.69) is 4.98 Å². The van der Waals surface area contributed by atoms with Crippen molar-refractivity contribution < 1.29 is 41.0 Å². The average molecular weight is 433 g/mol. The van der Waals surface area contributed by atoms with Crippen molar-refractivity contribution in [2.75, 3.05) is 0 Å². The predicted octanol–water partition coefficient (Wildman–Crippen LogP) is 3.20. The second-order valence-electron chi connectivity index (χ2n) is 6.51. The van der Waals surface area contributed by atoms with E-state index in [4.69, 9.17) is 0 Å². The number of rotatable bonds is 3. The van der Waals surface area contributed by atoms with Gasteiger partial charge in [0.1, 0.15) is 5.92 Å². The molecule has 1 aliphatic rings. The topological polar surface area (TPSA) is 91.3 Å². The van der Waals surface area contributed by atoms with E-state index in [0.717, 1.165) is 30.5 Å². The van der Waals surface area contributed by atoms with Crippen molar-refractivity contribution in [1.82, 2.24) is 15.6 Å². The fourth-order valence-electron chi connectivity index (χ4n) is 3.31. The number of nitrogens with zero attached hydrogens (tertiary/aromatic N) is 1. The van der Waals surface area contributed by atoms with Gasteiger partial charge >= 0.3 is 18.4 Å². The third-order valence-corrected chi connectivity index (χ3v) is 4.64. The van der Waals surface area contributed by atoms with E-state index >= 15 is 0 Å². The van der Waals surface area contributed by atoms with E-state index in [1.807, 2.05) is 5.32 Å². The van der Waals surface area contributed by atoms with Crippen LogP contribution in [0.4, 0.5) is 31.1 Å². The number of alkyl halides is 6. The Hall–Kier alpha value is -3.15. The van der Waals surface area contributed by atoms with Crippen LogP contribution in [0.1, 0.15) is 27.5 Å². The highest BCUT2D eigenvalue weighted by Crippen LogP contribution is 2.46. The number of amides is 2. The molecule has 2 heterocycles. The van der Waals surface area contributed by atoms with Gasteiger partial charge in [-0.25, -0.2) is 4.79 Å². The second kappa shape index (κ2) is 7.27. The molecule has 2 aromatic rings. The SMILES string of the molecule is O=C1N[C@H](c2ccccc2C(F)(F)F)[C@@H](C(=O)c2cccnc2)[C@](O)(C(F)(F)F)N1. The Bertz CT molecular complexity index is 964. The Morgan fingerprint density at radius 2 is 1.73 bits per heavy atom. The number of nitrogens with one attached hydrogen (secondary N) is 2. The largest absolute Gasteiger partial charge is 0.437 e. The van der Waals surface area contributed by atoms with Crippen LogP contribution in [-0.4, -0.2) is 33.8 Å². The van der Waals surface area contributed by atoms with Gasteiger partial charge in [0.15, 0.2) is 5.78 Å². The third kappa shape index (κ3) is 3.70. The molecule has 6 nitrogen and oxygen atoms in total. The molecule has 0 saturated carbocycles. The molecule has 0 bridgehead atoms. The van der Waals surface area contributed by atoms with Crippen LogP contribution in [0.2, 0.25) is 0 Å². The van der Waals surface area contributed by atoms with Crippen molar-refractivity contribution in [1.29, 1.82) is 0 Å². The zero-order valence-electron chi connectivity index (χ0n) is 14.8. The number of aromatic nitrogens is 1. The van der Waals surface area contributed by atoms with Gasteiger partial charge in [-0.15, -0.1) is 0 Å². The van der Waals surface area contributed by atoms with Crippen LogP contribution in [0.5, 0.6) is 0 Å². The number of urea groups is 1. The minimum atomic E-state index is -5.58. The molecule has 3 rings (SSSR count). The van der Waals surface area contributed by atoms with Crippen LogP contribution < -0.4 is 10.6 Å². The standard InChI is InChI=1S/C18H13F6N3O3/c19-17(20,21)11-6-2-1-5-10(11)13-12(14(28)9-4-3-7-25-8-9)16(30,18(22,23)24)27-15(29)26-13/h1-8,12-13,30H,(H2,26,27,29)/t12-,13+,16-/m0/s1. The molecule has 160 valence electrons. The number of aliphatic hydroxyl groups is 1. The minimum absolute atomic E-state index is 0.391. The van der Waals surface area contributed by atoms with Crippen LogP contribution in [0.3, 0.4) is 0 Å². The summed E-state index contributed by atoms with van der Waals surface area (Å²) in [5.41, 5.74) is -6.68. The zero-order chi connectivity index (χ0) is 22.3. The minimum Gasteiger partial charge on any atom is -0.363 e. The first-order valence-corrected chi connectivity index (χ1v) is 8.34. The lowest BCUT2D eigenvalue weighted by Crippen LogP contribution is -2.73. The number of halogens is 6. The highest BCUT2D eigenvalue weighted by atomic mass is 19.4. The lowest BCUT2D eigenvalue weighted by molar-refractivity contribution is -0.287. The van der Waals surface area contributed by atoms with E-state index < -0.39 is 58.5 Å². The number of hydrogen-bond acceptors (Lipinski definition) is 4. The molecule has 3 N–H and O–H groups in total. The quantitative estimate of drug-likeness (QED) is 0.512. The maximum absolute atomic E-state index is 13.8. The predicted molar refractivity (Wildman–Crippen MR) is 88.9 cm³/mol. The molecule has 30 heavy (non-hydrogen) atoms. The highest BCUT2D eigenvalue weighted by Gasteiger charge is 2.66. The van der Waals surface area contributed by atoms with Gasteiger partial charge in [0.2, 0.25) is 5.72 Å². The summed E-state index contributed by atoms with van der Waals surface area (Å²) in [4.78, 5) is 28.4. The van der Waals surface area contributed by atoms with Crippen molar-refractivity contribution in [3.05, 3.63) is 65.5 Å². The first-order valence-electron chi connectivity index (χ1n) is 8.34. The van der Waals surface area contributed by atoms with Crippen molar-refractivity contribution in [3.63, 3.8) is 0 Å². The summed E-state index contributed by atoms with van der Waals surface area (Å²) in [7, 11) is 0. The molecule has 0 aliphatic carbocycles. The molecule has 1 aromatic heterocycles. The number of hydrogen-bond donors (Lipinski definition) is 3. The smallest absolute Gasteiger partial charge is 0.363 e. The Morgan fingerprint density at radius 1 is 1.07 bits per heavy atom. The average Bonchev–Trinajstić information content (AvgIpc) is 2.66. The van der Waals surface area contributed by atoms with E-state index in [0.29, 0.717) is 6.07 Å². The number of Topliss-reactive ketones (excluding diaryl/α,β-unsaturated/α-hetero) is 1. The van der Waals surface area contributed by atoms with Crippen molar-refractivity contribution in [2.45, 2.75) is 24.1 Å². The van der Waals surface area contributed by atoms with Gasteiger partial charge in [-0.3, -0.25) is 9.78 Å². The van der Waals surface area contributed by atoms with Crippen LogP contribution in [0, 0.1) is 5.92 Å². The highest BCUT2D eigenvalue weighted by molar-refractivity contribution is 6.00. The monoisotopic (exact) mass is 433 g/mol. The number of benzene rings is 1. The lowest BCUT2D eigenvalue weighted by atomic mass is 9.76. The van der Waals surface area contributed by atoms with Gasteiger partial charge in [0.25, 0.3) is 0 Å². The molecule has 2 amide bonds. The Kier molecular flexibility index (Phi) is 5.23. The summed E-state index contributed by atoms with van der Waals surface area (Å²) in [6.07, 6.45) is -8.45. The Labute approximate surface area is 164 Å². The summed E-state index contributed by atoms with van der Waals surface area (Å²) >= 11 is 0. The van der Waals surface area contributed by atoms with Crippen molar-refractivity contribution in [2.24, 2.45) is 5.92 Å². The maximum atomic E-state index is 13.8. The number of carbonyl (C=O) groups excluding carboxylic acids is 2. The summed E-state index contributed by atoms with van der Waals surface area (Å²) in [5, 5.41) is 13.5. The van der Waals surface area contributed by atoms with Gasteiger partial charge < -0.3 is 15.7 Å². The Morgan fingerprint density at radius 3 is 2.30 bits per heavy atom. The summed E-state index contributed by atoms with van der Waals surface area (Å²) in [6, 6.07) is 2.13. The molecule has 1 fully saturated rings. The first-order chi connectivity index (χ1) is 13.9. The van der Waals surface area contributed by atoms with Gasteiger partial charge in [-0.05, 0) is 23.8 Å². The third-order valence-electron chi connectivity index (χ3n) is 4.64. The van der Waals surface area contributed by atoms with E-state index in [-0.39, 0.29) is 0 Å². The summed E-state index contributed by atoms with van der Waals surface area (Å²) in [6.45, 7) is 0. The maximum Gasteiger partial charge on any atom is 0.437 e. The molecule has 12 heteroatoms. The lowest BCUT2D eigenvalue weighted by Gasteiger charge is -2.45. The first kappa shape index (κ1) is 21.6. The molecule has 3 atom stereocenters. The van der Waals surface area contributed by atoms with Crippen LogP contribution in [0.15, 0.2) is 48.8 Å². The number of carbonyl (C=O) groups is 2. The van der Waals surface area contributed by atoms with Gasteiger partial charge in [0.05, 0.1) is 11.6 Å². The molecular formula is C18H13F6N3O3. The molecular weight excluding hydrogens is 420 g/mol. The number of pyridine rings is 1. The van der Waals surface area contributed by atoms with Crippen LogP contribution >= 0.6 is 0 Å². The van der Waals surface area contributed by atoms with E-state index in [9.17, 15) is 41.0 Å². The van der Waals surface area contributed by atoms with Crippen LogP contribution in [0.25, 0.3) is 0 Å². The fraction of sp³-hybridized carbons (Fsp3) is 0.278. The molecule has 1 saturated heterocycles. The normalized spacial score (nSPS) is 24.7. The zero-order valence-corrected chi connectivity index (χ0v) is 14.8. The molecule has 1 aromatic carbocycles. The van der Waals surface area contributed by atoms with Crippen LogP contribution in [-0.2, 0) is 6.18 Å². The molecule has 1 aliphatic heterocycles. The van der Waals surface area contributed by atoms with Crippen molar-refractivity contribution >= 4 is 11.8 Å². The van der Waals surface area contributed by atoms with Gasteiger partial charge in [0, 0.05) is 18.0 Å². The van der Waals surface area contributed by atoms with E-state index in [1.54, 1.807) is 0 Å². The van der Waals surface area contributed by atoms with E-state index in [1.165, 1.54) is 17.6 Å². The summed E-state index contributed by atoms with van der Waals surface area (Å²) in [5.74, 6) is -3.94. The molecule has 0 spiro atoms. The molecule has 0 radical (unpaired) electrons. The molecule has 0 unspecified atom stereocenters. The van der Waals surface area contributed by atoms with Gasteiger partial charge in [-0.2, -0.15) is 26.3 Å². The summed E-state index contributed by atoms with van der Waals surface area (Å²) < 4.78 is 81.7. The van der Waals surface area contributed by atoms with Crippen molar-refractivity contribution in [3.8, 4) is 0 Å². The van der Waals surface area contributed by atoms with Gasteiger partial charge in [-0.1, -0.05) is 18.2 Å². The fourth-order valence-corrected chi connectivity index (χ4v) is 3.31. The number of ketones is 1. The Balaban J connectivity index is 2.25.